The van der Waals surface area contributed by atoms with Gasteiger partial charge >= 0.3 is 0 Å². The molecule has 0 aromatic heterocycles. The molecule has 2 rings (SSSR count). The van der Waals surface area contributed by atoms with Crippen LogP contribution >= 0.6 is 35.4 Å². The van der Waals surface area contributed by atoms with Crippen LogP contribution in [0.2, 0.25) is 10.0 Å². The Balaban J connectivity index is 1.77. The van der Waals surface area contributed by atoms with Crippen molar-refractivity contribution in [2.24, 2.45) is 0 Å². The van der Waals surface area contributed by atoms with Crippen LogP contribution in [0.3, 0.4) is 0 Å². The minimum atomic E-state index is 0.513. The number of halogens is 2. The van der Waals surface area contributed by atoms with Crippen LogP contribution in [0.5, 0.6) is 5.75 Å². The summed E-state index contributed by atoms with van der Waals surface area (Å²) in [6, 6.07) is 14.7. The monoisotopic (exact) mass is 354 g/mol. The molecule has 0 unspecified atom stereocenters. The van der Waals surface area contributed by atoms with Gasteiger partial charge in [0.15, 0.2) is 5.11 Å². The van der Waals surface area contributed by atoms with E-state index in [1.54, 1.807) is 6.07 Å². The molecule has 3 nitrogen and oxygen atoms in total. The number of rotatable bonds is 5. The van der Waals surface area contributed by atoms with Gasteiger partial charge in [0.2, 0.25) is 0 Å². The summed E-state index contributed by atoms with van der Waals surface area (Å²) in [6.45, 7) is 1.17. The van der Waals surface area contributed by atoms with Gasteiger partial charge in [0.1, 0.15) is 12.4 Å². The lowest BCUT2D eigenvalue weighted by molar-refractivity contribution is 0.285. The first-order chi connectivity index (χ1) is 10.5. The quantitative estimate of drug-likeness (QED) is 0.786. The van der Waals surface area contributed by atoms with Gasteiger partial charge in [-0.1, -0.05) is 29.3 Å². The van der Waals surface area contributed by atoms with Crippen LogP contribution in [0.15, 0.2) is 48.5 Å². The highest BCUT2D eigenvalue weighted by Gasteiger charge is 2.05. The molecule has 116 valence electrons. The van der Waals surface area contributed by atoms with Crippen molar-refractivity contribution < 1.29 is 4.74 Å². The number of likely N-dealkylation sites (N-methyl/N-ethyl adjacent to an activating group) is 1. The second-order valence-electron chi connectivity index (χ2n) is 4.66. The molecule has 0 atom stereocenters. The average Bonchev–Trinajstić information content (AvgIpc) is 2.49. The first-order valence-corrected chi connectivity index (χ1v) is 7.87. The van der Waals surface area contributed by atoms with Gasteiger partial charge in [0, 0.05) is 22.8 Å². The maximum absolute atomic E-state index is 5.91. The minimum Gasteiger partial charge on any atom is -0.492 e. The van der Waals surface area contributed by atoms with Crippen molar-refractivity contribution in [3.63, 3.8) is 0 Å². The Morgan fingerprint density at radius 1 is 1.14 bits per heavy atom. The molecule has 0 saturated heterocycles. The van der Waals surface area contributed by atoms with Crippen LogP contribution in [0, 0.1) is 0 Å². The number of hydrogen-bond donors (Lipinski definition) is 1. The van der Waals surface area contributed by atoms with Crippen LogP contribution in [0.25, 0.3) is 0 Å². The molecule has 0 spiro atoms. The first-order valence-electron chi connectivity index (χ1n) is 6.70. The molecule has 0 fully saturated rings. The van der Waals surface area contributed by atoms with Gasteiger partial charge in [0.05, 0.1) is 6.54 Å². The van der Waals surface area contributed by atoms with E-state index in [0.29, 0.717) is 28.3 Å². The SMILES string of the molecule is CN(CCOc1cccc(Cl)c1)C(=S)Nc1ccc(Cl)cc1. The largest absolute Gasteiger partial charge is 0.492 e. The first kappa shape index (κ1) is 16.9. The van der Waals surface area contributed by atoms with Crippen LogP contribution in [-0.4, -0.2) is 30.2 Å². The molecule has 1 N–H and O–H groups in total. The van der Waals surface area contributed by atoms with Gasteiger partial charge in [-0.05, 0) is 54.7 Å². The van der Waals surface area contributed by atoms with E-state index in [1.165, 1.54) is 0 Å². The smallest absolute Gasteiger partial charge is 0.173 e. The summed E-state index contributed by atoms with van der Waals surface area (Å²) in [6.07, 6.45) is 0. The Morgan fingerprint density at radius 3 is 2.55 bits per heavy atom. The van der Waals surface area contributed by atoms with Gasteiger partial charge < -0.3 is 15.0 Å². The van der Waals surface area contributed by atoms with E-state index in [-0.39, 0.29) is 0 Å². The van der Waals surface area contributed by atoms with Crippen LogP contribution in [0.4, 0.5) is 5.69 Å². The third-order valence-electron chi connectivity index (χ3n) is 2.93. The Kier molecular flexibility index (Phi) is 6.31. The summed E-state index contributed by atoms with van der Waals surface area (Å²) in [5.74, 6) is 0.748. The molecule has 2 aromatic rings. The number of nitrogens with zero attached hydrogens (tertiary/aromatic N) is 1. The summed E-state index contributed by atoms with van der Waals surface area (Å²) in [4.78, 5) is 1.91. The summed E-state index contributed by atoms with van der Waals surface area (Å²) < 4.78 is 5.64. The van der Waals surface area contributed by atoms with Crippen molar-refractivity contribution in [3.8, 4) is 5.75 Å². The molecule has 0 aliphatic heterocycles. The molecule has 6 heteroatoms. The van der Waals surface area contributed by atoms with Crippen LogP contribution in [-0.2, 0) is 0 Å². The van der Waals surface area contributed by atoms with E-state index in [1.807, 2.05) is 54.4 Å². The summed E-state index contributed by atoms with van der Waals surface area (Å²) in [5.41, 5.74) is 0.900. The van der Waals surface area contributed by atoms with E-state index in [9.17, 15) is 0 Å². The van der Waals surface area contributed by atoms with Gasteiger partial charge in [-0.25, -0.2) is 0 Å². The Labute approximate surface area is 145 Å². The lowest BCUT2D eigenvalue weighted by Gasteiger charge is -2.21. The molecule has 0 aliphatic rings. The van der Waals surface area contributed by atoms with Crippen molar-refractivity contribution in [2.45, 2.75) is 0 Å². The zero-order valence-electron chi connectivity index (χ0n) is 12.1. The van der Waals surface area contributed by atoms with E-state index in [4.69, 9.17) is 40.2 Å². The molecule has 0 heterocycles. The van der Waals surface area contributed by atoms with Gasteiger partial charge in [0.25, 0.3) is 0 Å². The Morgan fingerprint density at radius 2 is 1.86 bits per heavy atom. The van der Waals surface area contributed by atoms with Crippen molar-refractivity contribution in [1.29, 1.82) is 0 Å². The lowest BCUT2D eigenvalue weighted by Crippen LogP contribution is -2.34. The van der Waals surface area contributed by atoms with Crippen molar-refractivity contribution in [2.75, 3.05) is 25.5 Å². The summed E-state index contributed by atoms with van der Waals surface area (Å²) >= 11 is 17.1. The highest BCUT2D eigenvalue weighted by molar-refractivity contribution is 7.80. The maximum Gasteiger partial charge on any atom is 0.173 e. The van der Waals surface area contributed by atoms with Crippen LogP contribution < -0.4 is 10.1 Å². The van der Waals surface area contributed by atoms with Crippen molar-refractivity contribution >= 4 is 46.2 Å². The fourth-order valence-electron chi connectivity index (χ4n) is 1.71. The maximum atomic E-state index is 5.91. The highest BCUT2D eigenvalue weighted by atomic mass is 35.5. The van der Waals surface area contributed by atoms with E-state index in [2.05, 4.69) is 5.32 Å². The fraction of sp³-hybridized carbons (Fsp3) is 0.188. The van der Waals surface area contributed by atoms with Gasteiger partial charge in [-0.15, -0.1) is 0 Å². The summed E-state index contributed by atoms with van der Waals surface area (Å²) in [5, 5.41) is 5.12. The molecule has 22 heavy (non-hydrogen) atoms. The highest BCUT2D eigenvalue weighted by Crippen LogP contribution is 2.17. The number of benzene rings is 2. The third kappa shape index (κ3) is 5.37. The molecule has 2 aromatic carbocycles. The molecule has 0 bridgehead atoms. The third-order valence-corrected chi connectivity index (χ3v) is 3.83. The predicted octanol–water partition coefficient (Wildman–Crippen LogP) is 4.70. The predicted molar refractivity (Wildman–Crippen MR) is 97.2 cm³/mol. The topological polar surface area (TPSA) is 24.5 Å². The molecule has 0 saturated carbocycles. The fourth-order valence-corrected chi connectivity index (χ4v) is 2.23. The van der Waals surface area contributed by atoms with Gasteiger partial charge in [-0.2, -0.15) is 0 Å². The number of ether oxygens (including phenoxy) is 1. The molecule has 0 radical (unpaired) electrons. The Bertz CT molecular complexity index is 634. The number of hydrogen-bond acceptors (Lipinski definition) is 2. The number of anilines is 1. The minimum absolute atomic E-state index is 0.513. The standard InChI is InChI=1S/C16H16Cl2N2OS/c1-20(9-10-21-15-4-2-3-13(18)11-15)16(22)19-14-7-5-12(17)6-8-14/h2-8,11H,9-10H2,1H3,(H,19,22). The second kappa shape index (κ2) is 8.22. The lowest BCUT2D eigenvalue weighted by atomic mass is 10.3. The number of nitrogens with one attached hydrogen (secondary N) is 1. The van der Waals surface area contributed by atoms with Crippen molar-refractivity contribution in [1.82, 2.24) is 4.90 Å². The zero-order chi connectivity index (χ0) is 15.9. The average molecular weight is 355 g/mol. The zero-order valence-corrected chi connectivity index (χ0v) is 14.4. The van der Waals surface area contributed by atoms with Crippen molar-refractivity contribution in [3.05, 3.63) is 58.6 Å². The number of thiocarbonyl (C=S) groups is 1. The second-order valence-corrected chi connectivity index (χ2v) is 5.92. The summed E-state index contributed by atoms with van der Waals surface area (Å²) in [7, 11) is 1.91. The normalized spacial score (nSPS) is 10.1. The van der Waals surface area contributed by atoms with Crippen LogP contribution in [0.1, 0.15) is 0 Å². The molecule has 0 aliphatic carbocycles. The van der Waals surface area contributed by atoms with E-state index >= 15 is 0 Å². The molecule has 0 amide bonds. The van der Waals surface area contributed by atoms with Gasteiger partial charge in [-0.3, -0.25) is 0 Å². The van der Waals surface area contributed by atoms with E-state index < -0.39 is 0 Å². The molecular weight excluding hydrogens is 339 g/mol. The Hall–Kier alpha value is -1.49. The molecular formula is C16H16Cl2N2OS. The van der Waals surface area contributed by atoms with E-state index in [0.717, 1.165) is 11.4 Å².